The molecule has 0 aliphatic heterocycles. The van der Waals surface area contributed by atoms with Gasteiger partial charge in [0.1, 0.15) is 10.8 Å². The van der Waals surface area contributed by atoms with Crippen molar-refractivity contribution in [2.24, 2.45) is 0 Å². The molecule has 4 nitrogen and oxygen atoms in total. The molecule has 0 amide bonds. The van der Waals surface area contributed by atoms with Gasteiger partial charge in [-0.25, -0.2) is 9.37 Å². The predicted molar refractivity (Wildman–Crippen MR) is 68.4 cm³/mol. The number of anilines is 1. The van der Waals surface area contributed by atoms with Gasteiger partial charge in [-0.1, -0.05) is 23.7 Å². The van der Waals surface area contributed by atoms with Gasteiger partial charge in [0.25, 0.3) is 5.56 Å². The lowest BCUT2D eigenvalue weighted by Crippen LogP contribution is -2.21. The SMILES string of the molecule is CN(Cc1cccc(F)c1)c1nc[nH]c(=O)c1Cl. The number of hydrogen-bond donors (Lipinski definition) is 1. The van der Waals surface area contributed by atoms with Gasteiger partial charge in [0, 0.05) is 13.6 Å². The Labute approximate surface area is 108 Å². The van der Waals surface area contributed by atoms with Crippen LogP contribution in [0.15, 0.2) is 35.4 Å². The summed E-state index contributed by atoms with van der Waals surface area (Å²) in [6.07, 6.45) is 1.28. The molecule has 0 aliphatic carbocycles. The molecular formula is C12H11ClFN3O. The molecule has 18 heavy (non-hydrogen) atoms. The summed E-state index contributed by atoms with van der Waals surface area (Å²) in [5.74, 6) is 0.0653. The van der Waals surface area contributed by atoms with Crippen LogP contribution in [0.25, 0.3) is 0 Å². The van der Waals surface area contributed by atoms with Crippen molar-refractivity contribution in [2.75, 3.05) is 11.9 Å². The van der Waals surface area contributed by atoms with Crippen LogP contribution in [-0.2, 0) is 6.54 Å². The zero-order valence-electron chi connectivity index (χ0n) is 9.65. The van der Waals surface area contributed by atoms with Crippen molar-refractivity contribution in [3.8, 4) is 0 Å². The second-order valence-corrected chi connectivity index (χ2v) is 4.23. The standard InChI is InChI=1S/C12H11ClFN3O/c1-17(6-8-3-2-4-9(14)5-8)11-10(13)12(18)16-7-15-11/h2-5,7H,6H2,1H3,(H,15,16,18). The van der Waals surface area contributed by atoms with E-state index in [1.165, 1.54) is 18.5 Å². The summed E-state index contributed by atoms with van der Waals surface area (Å²) in [5.41, 5.74) is 0.378. The first kappa shape index (κ1) is 12.6. The van der Waals surface area contributed by atoms with E-state index in [4.69, 9.17) is 11.6 Å². The van der Waals surface area contributed by atoms with Crippen molar-refractivity contribution < 1.29 is 4.39 Å². The van der Waals surface area contributed by atoms with Gasteiger partial charge in [-0.05, 0) is 17.7 Å². The molecule has 2 aromatic rings. The topological polar surface area (TPSA) is 49.0 Å². The summed E-state index contributed by atoms with van der Waals surface area (Å²) in [5, 5.41) is 0.0244. The summed E-state index contributed by atoms with van der Waals surface area (Å²) in [7, 11) is 1.73. The van der Waals surface area contributed by atoms with Crippen LogP contribution in [-0.4, -0.2) is 17.0 Å². The Morgan fingerprint density at radius 3 is 3.00 bits per heavy atom. The van der Waals surface area contributed by atoms with Crippen LogP contribution in [0, 0.1) is 5.82 Å². The van der Waals surface area contributed by atoms with Crippen LogP contribution in [0.2, 0.25) is 5.02 Å². The second kappa shape index (κ2) is 5.18. The maximum Gasteiger partial charge on any atom is 0.271 e. The lowest BCUT2D eigenvalue weighted by Gasteiger charge is -2.18. The molecule has 1 aromatic carbocycles. The van der Waals surface area contributed by atoms with Gasteiger partial charge >= 0.3 is 0 Å². The van der Waals surface area contributed by atoms with Crippen LogP contribution in [0.3, 0.4) is 0 Å². The number of benzene rings is 1. The molecule has 0 saturated carbocycles. The minimum Gasteiger partial charge on any atom is -0.354 e. The Morgan fingerprint density at radius 1 is 1.50 bits per heavy atom. The van der Waals surface area contributed by atoms with E-state index in [2.05, 4.69) is 9.97 Å². The molecular weight excluding hydrogens is 257 g/mol. The maximum atomic E-state index is 13.0. The average molecular weight is 268 g/mol. The molecule has 0 bridgehead atoms. The molecule has 1 aromatic heterocycles. The van der Waals surface area contributed by atoms with Gasteiger partial charge in [0.2, 0.25) is 0 Å². The lowest BCUT2D eigenvalue weighted by atomic mass is 10.2. The fourth-order valence-electron chi connectivity index (χ4n) is 1.62. The highest BCUT2D eigenvalue weighted by molar-refractivity contribution is 6.32. The van der Waals surface area contributed by atoms with Gasteiger partial charge in [-0.15, -0.1) is 0 Å². The van der Waals surface area contributed by atoms with Gasteiger partial charge < -0.3 is 9.88 Å². The minimum atomic E-state index is -0.396. The first-order valence-corrected chi connectivity index (χ1v) is 5.64. The highest BCUT2D eigenvalue weighted by atomic mass is 35.5. The van der Waals surface area contributed by atoms with Crippen molar-refractivity contribution in [3.05, 3.63) is 57.3 Å². The number of nitrogens with zero attached hydrogens (tertiary/aromatic N) is 2. The first-order chi connectivity index (χ1) is 8.58. The largest absolute Gasteiger partial charge is 0.354 e. The predicted octanol–water partition coefficient (Wildman–Crippen LogP) is 2.20. The minimum absolute atomic E-state index is 0.0244. The summed E-state index contributed by atoms with van der Waals surface area (Å²) in [6.45, 7) is 0.411. The third-order valence-electron chi connectivity index (χ3n) is 2.45. The molecule has 6 heteroatoms. The normalized spacial score (nSPS) is 10.4. The molecule has 0 saturated heterocycles. The van der Waals surface area contributed by atoms with Crippen LogP contribution >= 0.6 is 11.6 Å². The van der Waals surface area contributed by atoms with Crippen molar-refractivity contribution >= 4 is 17.4 Å². The first-order valence-electron chi connectivity index (χ1n) is 5.26. The molecule has 0 radical (unpaired) electrons. The average Bonchev–Trinajstić information content (AvgIpc) is 2.32. The quantitative estimate of drug-likeness (QED) is 0.927. The highest BCUT2D eigenvalue weighted by Crippen LogP contribution is 2.18. The molecule has 0 fully saturated rings. The molecule has 1 heterocycles. The molecule has 0 atom stereocenters. The molecule has 94 valence electrons. The van der Waals surface area contributed by atoms with E-state index < -0.39 is 5.56 Å². The van der Waals surface area contributed by atoms with Crippen molar-refractivity contribution in [1.82, 2.24) is 9.97 Å². The van der Waals surface area contributed by atoms with Crippen LogP contribution in [0.1, 0.15) is 5.56 Å². The van der Waals surface area contributed by atoms with E-state index in [0.717, 1.165) is 5.56 Å². The van der Waals surface area contributed by atoms with E-state index in [1.54, 1.807) is 24.1 Å². The number of nitrogens with one attached hydrogen (secondary N) is 1. The van der Waals surface area contributed by atoms with Gasteiger partial charge in [-0.2, -0.15) is 0 Å². The number of halogens is 2. The Morgan fingerprint density at radius 2 is 2.28 bits per heavy atom. The smallest absolute Gasteiger partial charge is 0.271 e. The van der Waals surface area contributed by atoms with E-state index >= 15 is 0 Å². The van der Waals surface area contributed by atoms with E-state index in [9.17, 15) is 9.18 Å². The van der Waals surface area contributed by atoms with Gasteiger partial charge in [0.05, 0.1) is 6.33 Å². The van der Waals surface area contributed by atoms with E-state index in [-0.39, 0.29) is 10.8 Å². The molecule has 0 unspecified atom stereocenters. The van der Waals surface area contributed by atoms with Gasteiger partial charge in [-0.3, -0.25) is 4.79 Å². The Hall–Kier alpha value is -1.88. The molecule has 0 spiro atoms. The molecule has 2 rings (SSSR count). The number of H-pyrrole nitrogens is 1. The fraction of sp³-hybridized carbons (Fsp3) is 0.167. The summed E-state index contributed by atoms with van der Waals surface area (Å²) < 4.78 is 13.0. The molecule has 1 N–H and O–H groups in total. The maximum absolute atomic E-state index is 13.0. The van der Waals surface area contributed by atoms with Crippen molar-refractivity contribution in [2.45, 2.75) is 6.54 Å². The van der Waals surface area contributed by atoms with E-state index in [1.807, 2.05) is 0 Å². The summed E-state index contributed by atoms with van der Waals surface area (Å²) >= 11 is 5.86. The number of rotatable bonds is 3. The summed E-state index contributed by atoms with van der Waals surface area (Å²) in [4.78, 5) is 19.4. The van der Waals surface area contributed by atoms with Gasteiger partial charge in [0.15, 0.2) is 5.82 Å². The fourth-order valence-corrected chi connectivity index (χ4v) is 1.87. The Bertz CT molecular complexity index is 614. The zero-order valence-corrected chi connectivity index (χ0v) is 10.4. The van der Waals surface area contributed by atoms with Crippen LogP contribution in [0.5, 0.6) is 0 Å². The molecule has 0 aliphatic rings. The zero-order chi connectivity index (χ0) is 13.1. The van der Waals surface area contributed by atoms with Crippen molar-refractivity contribution in [1.29, 1.82) is 0 Å². The number of aromatic amines is 1. The Balaban J connectivity index is 2.25. The highest BCUT2D eigenvalue weighted by Gasteiger charge is 2.11. The van der Waals surface area contributed by atoms with Crippen LogP contribution < -0.4 is 10.5 Å². The Kier molecular flexibility index (Phi) is 3.62. The number of hydrogen-bond acceptors (Lipinski definition) is 3. The number of aromatic nitrogens is 2. The van der Waals surface area contributed by atoms with E-state index in [0.29, 0.717) is 12.4 Å². The lowest BCUT2D eigenvalue weighted by molar-refractivity contribution is 0.625. The third kappa shape index (κ3) is 2.68. The van der Waals surface area contributed by atoms with Crippen molar-refractivity contribution in [3.63, 3.8) is 0 Å². The van der Waals surface area contributed by atoms with Crippen LogP contribution in [0.4, 0.5) is 10.2 Å². The summed E-state index contributed by atoms with van der Waals surface area (Å²) in [6, 6.07) is 6.23. The second-order valence-electron chi connectivity index (χ2n) is 3.86. The monoisotopic (exact) mass is 267 g/mol. The third-order valence-corrected chi connectivity index (χ3v) is 2.79.